The highest BCUT2D eigenvalue weighted by Gasteiger charge is 1.98. The monoisotopic (exact) mass is 128 g/mol. The van der Waals surface area contributed by atoms with Crippen LogP contribution in [0.25, 0.3) is 0 Å². The average Bonchev–Trinajstić information content (AvgIpc) is 1.82. The van der Waals surface area contributed by atoms with Gasteiger partial charge in [0, 0.05) is 0 Å². The van der Waals surface area contributed by atoms with Gasteiger partial charge in [0.2, 0.25) is 0 Å². The number of hydrogen-bond acceptors (Lipinski definition) is 1. The molecule has 0 fully saturated rings. The van der Waals surface area contributed by atoms with Crippen LogP contribution in [0, 0.1) is 0 Å². The molecule has 9 heavy (non-hydrogen) atoms. The molecule has 1 atom stereocenters. The van der Waals surface area contributed by atoms with Crippen molar-refractivity contribution in [3.8, 4) is 0 Å². The molecule has 0 saturated heterocycles. The van der Waals surface area contributed by atoms with Crippen molar-refractivity contribution in [1.82, 2.24) is 0 Å². The van der Waals surface area contributed by atoms with Crippen LogP contribution in [0.5, 0.6) is 0 Å². The van der Waals surface area contributed by atoms with Gasteiger partial charge in [0.1, 0.15) is 0 Å². The summed E-state index contributed by atoms with van der Waals surface area (Å²) in [6, 6.07) is 0. The maximum Gasteiger partial charge on any atom is 0.0719 e. The van der Waals surface area contributed by atoms with Gasteiger partial charge in [0.05, 0.1) is 6.10 Å². The standard InChI is InChI=1S/C8H16O/c1-4-5-6-7(2)8(3)9/h8-9H,2,4-6H2,1,3H3. The minimum absolute atomic E-state index is 0.323. The van der Waals surface area contributed by atoms with Crippen LogP contribution in [0.3, 0.4) is 0 Å². The molecule has 0 amide bonds. The maximum absolute atomic E-state index is 8.95. The Morgan fingerprint density at radius 3 is 2.56 bits per heavy atom. The van der Waals surface area contributed by atoms with E-state index >= 15 is 0 Å². The third-order valence-corrected chi connectivity index (χ3v) is 1.44. The van der Waals surface area contributed by atoms with Gasteiger partial charge in [0.15, 0.2) is 0 Å². The molecule has 54 valence electrons. The predicted octanol–water partition coefficient (Wildman–Crippen LogP) is 2.11. The molecule has 0 saturated carbocycles. The van der Waals surface area contributed by atoms with Gasteiger partial charge in [-0.3, -0.25) is 0 Å². The zero-order chi connectivity index (χ0) is 7.28. The zero-order valence-corrected chi connectivity index (χ0v) is 6.35. The second kappa shape index (κ2) is 4.57. The molecule has 0 spiro atoms. The molecule has 1 unspecified atom stereocenters. The Morgan fingerprint density at radius 1 is 1.67 bits per heavy atom. The Bertz CT molecular complexity index is 84.6. The summed E-state index contributed by atoms with van der Waals surface area (Å²) in [5.41, 5.74) is 0.955. The Balaban J connectivity index is 3.28. The molecule has 1 heteroatoms. The first-order chi connectivity index (χ1) is 4.18. The lowest BCUT2D eigenvalue weighted by Gasteiger charge is -2.05. The van der Waals surface area contributed by atoms with Crippen molar-refractivity contribution in [1.29, 1.82) is 0 Å². The van der Waals surface area contributed by atoms with E-state index in [0.717, 1.165) is 18.4 Å². The normalized spacial score (nSPS) is 13.2. The topological polar surface area (TPSA) is 20.2 Å². The SMILES string of the molecule is C=C(CCCC)C(C)O. The van der Waals surface area contributed by atoms with Crippen molar-refractivity contribution in [3.63, 3.8) is 0 Å². The van der Waals surface area contributed by atoms with Crippen molar-refractivity contribution in [2.24, 2.45) is 0 Å². The third-order valence-electron chi connectivity index (χ3n) is 1.44. The van der Waals surface area contributed by atoms with Gasteiger partial charge in [-0.15, -0.1) is 0 Å². The quantitative estimate of drug-likeness (QED) is 0.575. The Kier molecular flexibility index (Phi) is 4.41. The van der Waals surface area contributed by atoms with Crippen LogP contribution < -0.4 is 0 Å². The smallest absolute Gasteiger partial charge is 0.0719 e. The summed E-state index contributed by atoms with van der Waals surface area (Å²) in [7, 11) is 0. The van der Waals surface area contributed by atoms with E-state index in [0.29, 0.717) is 0 Å². The van der Waals surface area contributed by atoms with Crippen molar-refractivity contribution in [3.05, 3.63) is 12.2 Å². The second-order valence-electron chi connectivity index (χ2n) is 2.44. The van der Waals surface area contributed by atoms with Gasteiger partial charge in [0.25, 0.3) is 0 Å². The Hall–Kier alpha value is -0.300. The Labute approximate surface area is 57.4 Å². The predicted molar refractivity (Wildman–Crippen MR) is 40.3 cm³/mol. The molecular formula is C8H16O. The number of aliphatic hydroxyl groups excluding tert-OH is 1. The highest BCUT2D eigenvalue weighted by atomic mass is 16.3. The number of unbranched alkanes of at least 4 members (excludes halogenated alkanes) is 1. The second-order valence-corrected chi connectivity index (χ2v) is 2.44. The van der Waals surface area contributed by atoms with E-state index in [2.05, 4.69) is 13.5 Å². The van der Waals surface area contributed by atoms with Crippen molar-refractivity contribution < 1.29 is 5.11 Å². The first kappa shape index (κ1) is 8.70. The molecule has 0 aliphatic carbocycles. The van der Waals surface area contributed by atoms with E-state index in [4.69, 9.17) is 5.11 Å². The van der Waals surface area contributed by atoms with Crippen LogP contribution >= 0.6 is 0 Å². The first-order valence-corrected chi connectivity index (χ1v) is 3.54. The van der Waals surface area contributed by atoms with Gasteiger partial charge >= 0.3 is 0 Å². The van der Waals surface area contributed by atoms with Crippen LogP contribution in [0.15, 0.2) is 12.2 Å². The van der Waals surface area contributed by atoms with Gasteiger partial charge in [-0.25, -0.2) is 0 Å². The van der Waals surface area contributed by atoms with Crippen LogP contribution in [0.2, 0.25) is 0 Å². The van der Waals surface area contributed by atoms with E-state index in [1.54, 1.807) is 6.92 Å². The molecule has 0 aliphatic rings. The number of aliphatic hydroxyl groups is 1. The molecule has 0 aromatic heterocycles. The fourth-order valence-electron chi connectivity index (χ4n) is 0.613. The van der Waals surface area contributed by atoms with E-state index in [-0.39, 0.29) is 6.10 Å². The zero-order valence-electron chi connectivity index (χ0n) is 6.35. The van der Waals surface area contributed by atoms with Crippen molar-refractivity contribution >= 4 is 0 Å². The lowest BCUT2D eigenvalue weighted by atomic mass is 10.1. The summed E-state index contributed by atoms with van der Waals surface area (Å²) in [4.78, 5) is 0. The molecule has 0 aromatic carbocycles. The largest absolute Gasteiger partial charge is 0.389 e. The van der Waals surface area contributed by atoms with Crippen LogP contribution in [0.1, 0.15) is 33.1 Å². The van der Waals surface area contributed by atoms with Crippen molar-refractivity contribution in [2.45, 2.75) is 39.2 Å². The fourth-order valence-corrected chi connectivity index (χ4v) is 0.613. The molecular weight excluding hydrogens is 112 g/mol. The Morgan fingerprint density at radius 2 is 2.22 bits per heavy atom. The molecule has 0 heterocycles. The van der Waals surface area contributed by atoms with Crippen LogP contribution in [-0.4, -0.2) is 11.2 Å². The summed E-state index contributed by atoms with van der Waals surface area (Å²) in [6.45, 7) is 7.64. The maximum atomic E-state index is 8.95. The molecule has 0 bridgehead atoms. The highest BCUT2D eigenvalue weighted by Crippen LogP contribution is 2.08. The molecule has 1 N–H and O–H groups in total. The van der Waals surface area contributed by atoms with E-state index < -0.39 is 0 Å². The summed E-state index contributed by atoms with van der Waals surface area (Å²) in [5.74, 6) is 0. The molecule has 0 radical (unpaired) electrons. The lowest BCUT2D eigenvalue weighted by Crippen LogP contribution is -2.02. The lowest BCUT2D eigenvalue weighted by molar-refractivity contribution is 0.227. The van der Waals surface area contributed by atoms with Gasteiger partial charge in [-0.05, 0) is 25.3 Å². The van der Waals surface area contributed by atoms with E-state index in [9.17, 15) is 0 Å². The molecule has 1 nitrogen and oxygen atoms in total. The minimum Gasteiger partial charge on any atom is -0.389 e. The van der Waals surface area contributed by atoms with Crippen LogP contribution in [0.4, 0.5) is 0 Å². The highest BCUT2D eigenvalue weighted by molar-refractivity contribution is 4.98. The summed E-state index contributed by atoms with van der Waals surface area (Å²) in [5, 5.41) is 8.95. The number of hydrogen-bond donors (Lipinski definition) is 1. The van der Waals surface area contributed by atoms with Gasteiger partial charge in [-0.1, -0.05) is 19.9 Å². The molecule has 0 aliphatic heterocycles. The van der Waals surface area contributed by atoms with E-state index in [1.165, 1.54) is 6.42 Å². The fraction of sp³-hybridized carbons (Fsp3) is 0.750. The van der Waals surface area contributed by atoms with Crippen LogP contribution in [-0.2, 0) is 0 Å². The summed E-state index contributed by atoms with van der Waals surface area (Å²) in [6.07, 6.45) is 2.96. The first-order valence-electron chi connectivity index (χ1n) is 3.54. The third kappa shape index (κ3) is 4.22. The molecule has 0 rings (SSSR count). The molecule has 0 aromatic rings. The van der Waals surface area contributed by atoms with Crippen molar-refractivity contribution in [2.75, 3.05) is 0 Å². The summed E-state index contributed by atoms with van der Waals surface area (Å²) >= 11 is 0. The average molecular weight is 128 g/mol. The number of rotatable bonds is 4. The van der Waals surface area contributed by atoms with E-state index in [1.807, 2.05) is 0 Å². The minimum atomic E-state index is -0.323. The van der Waals surface area contributed by atoms with Gasteiger partial charge in [-0.2, -0.15) is 0 Å². The summed E-state index contributed by atoms with van der Waals surface area (Å²) < 4.78 is 0. The van der Waals surface area contributed by atoms with Gasteiger partial charge < -0.3 is 5.11 Å².